The first-order valence-corrected chi connectivity index (χ1v) is 12.2. The first kappa shape index (κ1) is 23.8. The molecule has 0 bridgehead atoms. The van der Waals surface area contributed by atoms with E-state index in [2.05, 4.69) is 13.8 Å². The third-order valence-electron chi connectivity index (χ3n) is 6.18. The quantitative estimate of drug-likeness (QED) is 0.458. The lowest BCUT2D eigenvalue weighted by Crippen LogP contribution is -2.48. The maximum Gasteiger partial charge on any atom is 0.254 e. The van der Waals surface area contributed by atoms with Gasteiger partial charge in [0.15, 0.2) is 0 Å². The van der Waals surface area contributed by atoms with Crippen molar-refractivity contribution in [1.29, 1.82) is 0 Å². The van der Waals surface area contributed by atoms with Crippen molar-refractivity contribution in [3.8, 4) is 11.5 Å². The average Bonchev–Trinajstić information content (AvgIpc) is 3.38. The standard InChI is InChI=1S/C27H30N2O4S/c1-17(2)16-29-25(23-11-8-14-34-23)24(19-9-6-7-10-20(19)26(29)30)27(31)28(3)21-13-12-18(32-4)15-22(21)33-5/h6-15,17,24-25H,16H2,1-5H3/t24-,25-/m0/s1. The van der Waals surface area contributed by atoms with E-state index in [-0.39, 0.29) is 23.8 Å². The zero-order valence-electron chi connectivity index (χ0n) is 20.1. The van der Waals surface area contributed by atoms with Crippen molar-refractivity contribution in [2.75, 3.05) is 32.7 Å². The maximum absolute atomic E-state index is 14.2. The lowest BCUT2D eigenvalue weighted by atomic mass is 9.80. The number of amides is 2. The van der Waals surface area contributed by atoms with Gasteiger partial charge in [-0.25, -0.2) is 0 Å². The third kappa shape index (κ3) is 4.28. The summed E-state index contributed by atoms with van der Waals surface area (Å²) in [7, 11) is 4.92. The van der Waals surface area contributed by atoms with Crippen molar-refractivity contribution >= 4 is 28.8 Å². The second-order valence-corrected chi connectivity index (χ2v) is 9.79. The summed E-state index contributed by atoms with van der Waals surface area (Å²) in [5.41, 5.74) is 1.99. The van der Waals surface area contributed by atoms with Crippen LogP contribution in [-0.2, 0) is 4.79 Å². The average molecular weight is 479 g/mol. The number of ether oxygens (including phenoxy) is 2. The van der Waals surface area contributed by atoms with Crippen LogP contribution in [0.4, 0.5) is 5.69 Å². The van der Waals surface area contributed by atoms with Gasteiger partial charge in [0.05, 0.1) is 31.9 Å². The van der Waals surface area contributed by atoms with E-state index >= 15 is 0 Å². The van der Waals surface area contributed by atoms with Gasteiger partial charge in [0, 0.05) is 30.1 Å². The van der Waals surface area contributed by atoms with Gasteiger partial charge in [-0.2, -0.15) is 0 Å². The molecule has 2 amide bonds. The highest BCUT2D eigenvalue weighted by atomic mass is 32.1. The number of fused-ring (bicyclic) bond motifs is 1. The summed E-state index contributed by atoms with van der Waals surface area (Å²) in [4.78, 5) is 32.3. The molecule has 0 radical (unpaired) electrons. The molecule has 2 atom stereocenters. The lowest BCUT2D eigenvalue weighted by Gasteiger charge is -2.43. The predicted molar refractivity (Wildman–Crippen MR) is 135 cm³/mol. The van der Waals surface area contributed by atoms with Crippen LogP contribution in [-0.4, -0.2) is 44.5 Å². The number of thiophene rings is 1. The SMILES string of the molecule is COc1ccc(N(C)C(=O)[C@H]2c3ccccc3C(=O)N(CC(C)C)[C@H]2c2cccs2)c(OC)c1. The van der Waals surface area contributed by atoms with Gasteiger partial charge in [-0.15, -0.1) is 11.3 Å². The molecular formula is C27H30N2O4S. The van der Waals surface area contributed by atoms with E-state index in [0.29, 0.717) is 29.3 Å². The number of hydrogen-bond acceptors (Lipinski definition) is 5. The molecule has 178 valence electrons. The maximum atomic E-state index is 14.2. The minimum absolute atomic E-state index is 0.0311. The minimum atomic E-state index is -0.553. The Bertz CT molecular complexity index is 1180. The molecule has 34 heavy (non-hydrogen) atoms. The highest BCUT2D eigenvalue weighted by molar-refractivity contribution is 7.10. The van der Waals surface area contributed by atoms with Crippen LogP contribution in [0.5, 0.6) is 11.5 Å². The zero-order valence-corrected chi connectivity index (χ0v) is 21.0. The molecule has 7 heteroatoms. The molecule has 0 saturated heterocycles. The molecule has 1 aromatic heterocycles. The smallest absolute Gasteiger partial charge is 0.254 e. The fraction of sp³-hybridized carbons (Fsp3) is 0.333. The monoisotopic (exact) mass is 478 g/mol. The summed E-state index contributed by atoms with van der Waals surface area (Å²) >= 11 is 1.57. The van der Waals surface area contributed by atoms with Gasteiger partial charge in [0.2, 0.25) is 5.91 Å². The molecule has 2 aromatic carbocycles. The Morgan fingerprint density at radius 2 is 1.85 bits per heavy atom. The number of benzene rings is 2. The third-order valence-corrected chi connectivity index (χ3v) is 7.12. The fourth-order valence-corrected chi connectivity index (χ4v) is 5.49. The van der Waals surface area contributed by atoms with E-state index in [0.717, 1.165) is 10.4 Å². The van der Waals surface area contributed by atoms with Crippen LogP contribution in [0.2, 0.25) is 0 Å². The molecule has 0 unspecified atom stereocenters. The van der Waals surface area contributed by atoms with Crippen molar-refractivity contribution in [3.05, 3.63) is 76.0 Å². The summed E-state index contributed by atoms with van der Waals surface area (Å²) < 4.78 is 10.9. The Labute approximate surface area is 204 Å². The topological polar surface area (TPSA) is 59.1 Å². The van der Waals surface area contributed by atoms with Crippen LogP contribution < -0.4 is 14.4 Å². The number of carbonyl (C=O) groups excluding carboxylic acids is 2. The van der Waals surface area contributed by atoms with E-state index in [1.165, 1.54) is 0 Å². The zero-order chi connectivity index (χ0) is 24.4. The number of anilines is 1. The number of methoxy groups -OCH3 is 2. The Kier molecular flexibility index (Phi) is 6.93. The van der Waals surface area contributed by atoms with E-state index in [4.69, 9.17) is 9.47 Å². The van der Waals surface area contributed by atoms with Gasteiger partial charge in [-0.3, -0.25) is 9.59 Å². The van der Waals surface area contributed by atoms with E-state index in [1.807, 2.05) is 58.8 Å². The van der Waals surface area contributed by atoms with Gasteiger partial charge in [-0.1, -0.05) is 38.1 Å². The summed E-state index contributed by atoms with van der Waals surface area (Å²) in [6.07, 6.45) is 0. The second-order valence-electron chi connectivity index (χ2n) is 8.81. The van der Waals surface area contributed by atoms with Gasteiger partial charge >= 0.3 is 0 Å². The van der Waals surface area contributed by atoms with Crippen LogP contribution in [0.1, 0.15) is 46.6 Å². The van der Waals surface area contributed by atoms with Crippen LogP contribution in [0.3, 0.4) is 0 Å². The Morgan fingerprint density at radius 1 is 1.09 bits per heavy atom. The van der Waals surface area contributed by atoms with Crippen LogP contribution >= 0.6 is 11.3 Å². The summed E-state index contributed by atoms with van der Waals surface area (Å²) in [5.74, 6) is 0.763. The van der Waals surface area contributed by atoms with Crippen molar-refractivity contribution in [2.24, 2.45) is 5.92 Å². The van der Waals surface area contributed by atoms with Crippen molar-refractivity contribution in [3.63, 3.8) is 0 Å². The number of carbonyl (C=O) groups is 2. The fourth-order valence-electron chi connectivity index (χ4n) is 4.62. The van der Waals surface area contributed by atoms with Crippen molar-refractivity contribution < 1.29 is 19.1 Å². The first-order chi connectivity index (χ1) is 16.4. The molecule has 4 rings (SSSR count). The molecule has 2 heterocycles. The van der Waals surface area contributed by atoms with Gasteiger partial charge in [0.1, 0.15) is 11.5 Å². The molecule has 1 aliphatic heterocycles. The first-order valence-electron chi connectivity index (χ1n) is 11.3. The molecule has 0 N–H and O–H groups in total. The van der Waals surface area contributed by atoms with Crippen LogP contribution in [0.25, 0.3) is 0 Å². The van der Waals surface area contributed by atoms with Crippen molar-refractivity contribution in [2.45, 2.75) is 25.8 Å². The van der Waals surface area contributed by atoms with Crippen molar-refractivity contribution in [1.82, 2.24) is 4.90 Å². The highest BCUT2D eigenvalue weighted by Crippen LogP contribution is 2.46. The minimum Gasteiger partial charge on any atom is -0.497 e. The van der Waals surface area contributed by atoms with E-state index in [1.54, 1.807) is 43.6 Å². The predicted octanol–water partition coefficient (Wildman–Crippen LogP) is 5.37. The lowest BCUT2D eigenvalue weighted by molar-refractivity contribution is -0.121. The van der Waals surface area contributed by atoms with E-state index in [9.17, 15) is 9.59 Å². The number of likely N-dealkylation sites (N-methyl/N-ethyl adjacent to an activating group) is 1. The second kappa shape index (κ2) is 9.89. The molecule has 0 fully saturated rings. The number of nitrogens with zero attached hydrogens (tertiary/aromatic N) is 2. The molecule has 6 nitrogen and oxygen atoms in total. The number of hydrogen-bond donors (Lipinski definition) is 0. The molecule has 1 aliphatic rings. The highest BCUT2D eigenvalue weighted by Gasteiger charge is 2.45. The Morgan fingerprint density at radius 3 is 2.50 bits per heavy atom. The summed E-state index contributed by atoms with van der Waals surface area (Å²) in [5, 5.41) is 1.99. The molecule has 3 aromatic rings. The van der Waals surface area contributed by atoms with E-state index < -0.39 is 5.92 Å². The number of rotatable bonds is 7. The molecular weight excluding hydrogens is 448 g/mol. The Hall–Kier alpha value is -3.32. The molecule has 0 spiro atoms. The molecule has 0 saturated carbocycles. The van der Waals surface area contributed by atoms with Gasteiger partial charge in [0.25, 0.3) is 5.91 Å². The van der Waals surface area contributed by atoms with Gasteiger partial charge in [-0.05, 0) is 41.1 Å². The summed E-state index contributed by atoms with van der Waals surface area (Å²) in [6.45, 7) is 4.74. The van der Waals surface area contributed by atoms with Crippen LogP contribution in [0.15, 0.2) is 60.0 Å². The van der Waals surface area contributed by atoms with Gasteiger partial charge < -0.3 is 19.3 Å². The summed E-state index contributed by atoms with van der Waals surface area (Å²) in [6, 6.07) is 16.5. The molecule has 0 aliphatic carbocycles. The Balaban J connectivity index is 1.85. The normalized spacial score (nSPS) is 17.5. The van der Waals surface area contributed by atoms with Crippen LogP contribution in [0, 0.1) is 5.92 Å². The largest absolute Gasteiger partial charge is 0.497 e.